The number of halogens is 1. The topological polar surface area (TPSA) is 43.6 Å². The molecule has 0 amide bonds. The number of hydrogen-bond acceptors (Lipinski definition) is 3. The summed E-state index contributed by atoms with van der Waals surface area (Å²) in [6.07, 6.45) is 5.39. The summed E-state index contributed by atoms with van der Waals surface area (Å²) in [5, 5.41) is 2.20. The van der Waals surface area contributed by atoms with E-state index in [1.54, 1.807) is 23.0 Å². The van der Waals surface area contributed by atoms with Crippen LogP contribution in [0.15, 0.2) is 79.4 Å². The molecule has 0 atom stereocenters. The van der Waals surface area contributed by atoms with Crippen molar-refractivity contribution in [3.63, 3.8) is 0 Å². The Morgan fingerprint density at radius 3 is 2.50 bits per heavy atom. The van der Waals surface area contributed by atoms with Gasteiger partial charge in [-0.25, -0.2) is 9.97 Å². The lowest BCUT2D eigenvalue weighted by Crippen LogP contribution is -1.97. The zero-order valence-corrected chi connectivity index (χ0v) is 15.7. The van der Waals surface area contributed by atoms with Crippen LogP contribution in [0, 0.1) is 5.95 Å². The molecule has 0 aliphatic heterocycles. The van der Waals surface area contributed by atoms with Crippen molar-refractivity contribution >= 4 is 21.8 Å². The van der Waals surface area contributed by atoms with E-state index in [2.05, 4.69) is 21.0 Å². The molecule has 0 saturated heterocycles. The van der Waals surface area contributed by atoms with Gasteiger partial charge >= 0.3 is 0 Å². The molecule has 0 fully saturated rings. The first-order chi connectivity index (χ1) is 13.8. The van der Waals surface area contributed by atoms with Crippen LogP contribution in [0.25, 0.3) is 38.8 Å². The van der Waals surface area contributed by atoms with Gasteiger partial charge in [0.25, 0.3) is 0 Å². The summed E-state index contributed by atoms with van der Waals surface area (Å²) in [7, 11) is 0. The van der Waals surface area contributed by atoms with Crippen molar-refractivity contribution in [1.82, 2.24) is 19.5 Å². The first kappa shape index (κ1) is 17.8. The van der Waals surface area contributed by atoms with Gasteiger partial charge in [-0.15, -0.1) is 0 Å². The number of rotatable bonds is 2. The van der Waals surface area contributed by atoms with Crippen LogP contribution < -0.4 is 0 Å². The largest absolute Gasteiger partial charge is 0.283 e. The van der Waals surface area contributed by atoms with Crippen LogP contribution in [0.2, 0.25) is 0 Å². The molecule has 0 radical (unpaired) electrons. The van der Waals surface area contributed by atoms with Crippen molar-refractivity contribution in [1.29, 1.82) is 0 Å². The lowest BCUT2D eigenvalue weighted by molar-refractivity contribution is 0.581. The summed E-state index contributed by atoms with van der Waals surface area (Å²) in [4.78, 5) is 12.9. The van der Waals surface area contributed by atoms with Crippen LogP contribution in [0.1, 0.15) is 13.8 Å². The summed E-state index contributed by atoms with van der Waals surface area (Å²) in [5.41, 5.74) is 3.71. The van der Waals surface area contributed by atoms with Crippen molar-refractivity contribution < 1.29 is 4.39 Å². The quantitative estimate of drug-likeness (QED) is 0.369. The molecule has 5 heteroatoms. The Morgan fingerprint density at radius 2 is 1.64 bits per heavy atom. The summed E-state index contributed by atoms with van der Waals surface area (Å²) in [6, 6.07) is 18.8. The van der Waals surface area contributed by atoms with Gasteiger partial charge in [-0.3, -0.25) is 9.55 Å². The van der Waals surface area contributed by atoms with Gasteiger partial charge in [0.15, 0.2) is 0 Å². The molecule has 138 valence electrons. The van der Waals surface area contributed by atoms with Crippen LogP contribution in [0.3, 0.4) is 0 Å². The van der Waals surface area contributed by atoms with Crippen LogP contribution in [0.4, 0.5) is 4.39 Å². The van der Waals surface area contributed by atoms with Gasteiger partial charge in [0.2, 0.25) is 5.95 Å². The van der Waals surface area contributed by atoms with Crippen molar-refractivity contribution in [2.75, 3.05) is 0 Å². The molecule has 3 aromatic heterocycles. The molecule has 5 aromatic rings. The normalized spacial score (nSPS) is 10.7. The van der Waals surface area contributed by atoms with Gasteiger partial charge in [0.1, 0.15) is 12.1 Å². The van der Waals surface area contributed by atoms with E-state index in [1.165, 1.54) is 6.07 Å². The van der Waals surface area contributed by atoms with Crippen molar-refractivity contribution in [2.45, 2.75) is 13.8 Å². The molecular formula is C23H19FN4. The Balaban J connectivity index is 0.000000932. The molecule has 2 aromatic carbocycles. The number of para-hydroxylation sites is 1. The molecule has 28 heavy (non-hydrogen) atoms. The number of hydrogen-bond donors (Lipinski definition) is 0. The fraction of sp³-hybridized carbons (Fsp3) is 0.0870. The fourth-order valence-electron chi connectivity index (χ4n) is 3.30. The Bertz CT molecular complexity index is 1250. The Morgan fingerprint density at radius 1 is 0.821 bits per heavy atom. The molecule has 0 aliphatic rings. The minimum Gasteiger partial charge on any atom is -0.283 e. The molecule has 0 saturated carbocycles. The Labute approximate surface area is 162 Å². The smallest absolute Gasteiger partial charge is 0.214 e. The van der Waals surface area contributed by atoms with Gasteiger partial charge in [0, 0.05) is 28.9 Å². The zero-order valence-electron chi connectivity index (χ0n) is 15.7. The molecule has 4 nitrogen and oxygen atoms in total. The van der Waals surface area contributed by atoms with Gasteiger partial charge in [0.05, 0.1) is 11.0 Å². The summed E-state index contributed by atoms with van der Waals surface area (Å²) < 4.78 is 15.3. The average Bonchev–Trinajstić information content (AvgIpc) is 3.19. The van der Waals surface area contributed by atoms with E-state index in [9.17, 15) is 4.39 Å². The first-order valence-corrected chi connectivity index (χ1v) is 9.23. The molecular weight excluding hydrogens is 351 g/mol. The zero-order chi connectivity index (χ0) is 19.5. The Kier molecular flexibility index (Phi) is 4.81. The lowest BCUT2D eigenvalue weighted by Gasteiger charge is -2.08. The van der Waals surface area contributed by atoms with Gasteiger partial charge in [-0.05, 0) is 23.6 Å². The molecule has 0 aliphatic carbocycles. The number of benzene rings is 2. The SMILES string of the molecule is CC.Fc1cccc(-n2cnc3c(-c4cncc5ccccc45)cccc32)n1. The highest BCUT2D eigenvalue weighted by Gasteiger charge is 2.13. The van der Waals surface area contributed by atoms with E-state index >= 15 is 0 Å². The molecule has 5 rings (SSSR count). The summed E-state index contributed by atoms with van der Waals surface area (Å²) in [6.45, 7) is 4.00. The number of nitrogens with zero attached hydrogens (tertiary/aromatic N) is 4. The van der Waals surface area contributed by atoms with Gasteiger partial charge in [-0.1, -0.05) is 56.3 Å². The molecule has 0 unspecified atom stereocenters. The van der Waals surface area contributed by atoms with Crippen LogP contribution in [0.5, 0.6) is 0 Å². The predicted octanol–water partition coefficient (Wildman–Crippen LogP) is 5.80. The second kappa shape index (κ2) is 7.56. The summed E-state index contributed by atoms with van der Waals surface area (Å²) >= 11 is 0. The fourth-order valence-corrected chi connectivity index (χ4v) is 3.30. The summed E-state index contributed by atoms with van der Waals surface area (Å²) in [5.74, 6) is -0.0144. The first-order valence-electron chi connectivity index (χ1n) is 9.23. The van der Waals surface area contributed by atoms with Gasteiger partial charge in [-0.2, -0.15) is 4.39 Å². The highest BCUT2D eigenvalue weighted by atomic mass is 19.1. The average molecular weight is 370 g/mol. The van der Waals surface area contributed by atoms with Crippen molar-refractivity contribution in [3.05, 3.63) is 85.3 Å². The number of fused-ring (bicyclic) bond motifs is 2. The Hall–Kier alpha value is -3.60. The minimum absolute atomic E-state index is 0.501. The maximum atomic E-state index is 13.5. The van der Waals surface area contributed by atoms with E-state index in [4.69, 9.17) is 0 Å². The highest BCUT2D eigenvalue weighted by Crippen LogP contribution is 2.33. The molecule has 0 bridgehead atoms. The second-order valence-corrected chi connectivity index (χ2v) is 6.01. The molecule has 0 spiro atoms. The third kappa shape index (κ3) is 3.01. The standard InChI is InChI=1S/C21H13FN4.C2H6/c22-19-9-4-10-20(25-19)26-13-24-21-16(7-3-8-18(21)26)17-12-23-11-14-5-1-2-6-15(14)17;1-2/h1-13H;1-2H3. The molecule has 3 heterocycles. The molecule has 0 N–H and O–H groups in total. The second-order valence-electron chi connectivity index (χ2n) is 6.01. The van der Waals surface area contributed by atoms with Gasteiger partial charge < -0.3 is 0 Å². The van der Waals surface area contributed by atoms with Crippen LogP contribution >= 0.6 is 0 Å². The van der Waals surface area contributed by atoms with Crippen molar-refractivity contribution in [2.24, 2.45) is 0 Å². The lowest BCUT2D eigenvalue weighted by atomic mass is 10.00. The number of pyridine rings is 2. The maximum absolute atomic E-state index is 13.5. The van der Waals surface area contributed by atoms with Crippen LogP contribution in [-0.2, 0) is 0 Å². The van der Waals surface area contributed by atoms with Crippen molar-refractivity contribution in [3.8, 4) is 16.9 Å². The van der Waals surface area contributed by atoms with E-state index < -0.39 is 5.95 Å². The maximum Gasteiger partial charge on any atom is 0.214 e. The number of aromatic nitrogens is 4. The minimum atomic E-state index is -0.515. The monoisotopic (exact) mass is 370 g/mol. The third-order valence-corrected chi connectivity index (χ3v) is 4.48. The third-order valence-electron chi connectivity index (χ3n) is 4.48. The predicted molar refractivity (Wildman–Crippen MR) is 111 cm³/mol. The van der Waals surface area contributed by atoms with E-state index in [0.29, 0.717) is 5.82 Å². The highest BCUT2D eigenvalue weighted by molar-refractivity contribution is 6.03. The van der Waals surface area contributed by atoms with Crippen LogP contribution in [-0.4, -0.2) is 19.5 Å². The number of imidazole rings is 1. The van der Waals surface area contributed by atoms with E-state index in [1.807, 2.05) is 62.6 Å². The van der Waals surface area contributed by atoms with E-state index in [0.717, 1.165) is 32.9 Å². The van der Waals surface area contributed by atoms with E-state index in [-0.39, 0.29) is 0 Å².